The Morgan fingerprint density at radius 1 is 0.386 bits per heavy atom. The summed E-state index contributed by atoms with van der Waals surface area (Å²) in [6, 6.07) is 52.3. The van der Waals surface area contributed by atoms with Crippen LogP contribution in [0.3, 0.4) is 0 Å². The Morgan fingerprint density at radius 2 is 0.773 bits per heavy atom. The molecule has 0 unspecified atom stereocenters. The van der Waals surface area contributed by atoms with Crippen LogP contribution in [-0.2, 0) is 12.8 Å². The molecule has 0 aliphatic rings. The van der Waals surface area contributed by atoms with Gasteiger partial charge in [0.05, 0.1) is 0 Å². The van der Waals surface area contributed by atoms with Crippen molar-refractivity contribution in [2.24, 2.45) is 0 Å². The Kier molecular flexibility index (Phi) is 9.18. The van der Waals surface area contributed by atoms with Crippen molar-refractivity contribution in [1.82, 2.24) is 0 Å². The molecule has 6 aromatic rings. The fraction of sp³-hybridized carbons (Fsp3) is 0.143. The van der Waals surface area contributed by atoms with Crippen LogP contribution in [0.4, 0.5) is 22.7 Å². The predicted molar refractivity (Wildman–Crippen MR) is 190 cm³/mol. The van der Waals surface area contributed by atoms with Crippen molar-refractivity contribution in [3.8, 4) is 33.4 Å². The Bertz CT molecular complexity index is 1690. The van der Waals surface area contributed by atoms with Gasteiger partial charge in [0.2, 0.25) is 0 Å². The largest absolute Gasteiger partial charge is 0.355 e. The molecule has 2 N–H and O–H groups in total. The van der Waals surface area contributed by atoms with Crippen molar-refractivity contribution >= 4 is 22.7 Å². The molecular formula is C42H40N2. The van der Waals surface area contributed by atoms with Gasteiger partial charge in [-0.05, 0) is 93.7 Å². The zero-order chi connectivity index (χ0) is 30.1. The number of para-hydroxylation sites is 2. The second-order valence-electron chi connectivity index (χ2n) is 11.3. The van der Waals surface area contributed by atoms with Gasteiger partial charge in [-0.1, -0.05) is 136 Å². The zero-order valence-corrected chi connectivity index (χ0v) is 25.7. The van der Waals surface area contributed by atoms with E-state index in [-0.39, 0.29) is 0 Å². The van der Waals surface area contributed by atoms with Crippen molar-refractivity contribution in [1.29, 1.82) is 0 Å². The summed E-state index contributed by atoms with van der Waals surface area (Å²) >= 11 is 0. The van der Waals surface area contributed by atoms with Crippen molar-refractivity contribution in [3.63, 3.8) is 0 Å². The maximum absolute atomic E-state index is 3.73. The first-order chi connectivity index (χ1) is 21.7. The molecule has 0 radical (unpaired) electrons. The summed E-state index contributed by atoms with van der Waals surface area (Å²) < 4.78 is 0. The van der Waals surface area contributed by atoms with E-state index in [1.165, 1.54) is 55.9 Å². The molecule has 0 saturated carbocycles. The minimum Gasteiger partial charge on any atom is -0.355 e. The minimum absolute atomic E-state index is 1.05. The fourth-order valence-electron chi connectivity index (χ4n) is 6.00. The summed E-state index contributed by atoms with van der Waals surface area (Å²) in [6.07, 6.45) is 4.33. The number of anilines is 4. The fourth-order valence-corrected chi connectivity index (χ4v) is 6.00. The Balaban J connectivity index is 1.46. The summed E-state index contributed by atoms with van der Waals surface area (Å²) in [5.41, 5.74) is 14.4. The lowest BCUT2D eigenvalue weighted by atomic mass is 9.88. The standard InChI is InChI=1S/C42H40N2/c1-3-15-33-21-11-13-23-41(33)43-35-25-27-37(39(29-35)31-17-7-5-8-18-31)38-28-26-36(30-40(38)32-19-9-6-10-20-32)44-42-24-14-12-22-34(42)16-4-2/h5-14,17-30,43-44H,3-4,15-16H2,1-2H3. The molecule has 44 heavy (non-hydrogen) atoms. The Morgan fingerprint density at radius 3 is 1.18 bits per heavy atom. The van der Waals surface area contributed by atoms with Gasteiger partial charge in [0.15, 0.2) is 0 Å². The molecule has 0 aliphatic heterocycles. The van der Waals surface area contributed by atoms with Crippen molar-refractivity contribution in [3.05, 3.63) is 157 Å². The van der Waals surface area contributed by atoms with Gasteiger partial charge in [0.25, 0.3) is 0 Å². The average molecular weight is 573 g/mol. The predicted octanol–water partition coefficient (Wildman–Crippen LogP) is 12.1. The molecule has 0 amide bonds. The van der Waals surface area contributed by atoms with E-state index in [2.05, 4.69) is 170 Å². The van der Waals surface area contributed by atoms with Crippen LogP contribution >= 0.6 is 0 Å². The number of hydrogen-bond donors (Lipinski definition) is 2. The van der Waals surface area contributed by atoms with Gasteiger partial charge >= 0.3 is 0 Å². The van der Waals surface area contributed by atoms with Crippen LogP contribution in [0.25, 0.3) is 33.4 Å². The van der Waals surface area contributed by atoms with Gasteiger partial charge in [0, 0.05) is 22.7 Å². The molecule has 0 fully saturated rings. The third-order valence-corrected chi connectivity index (χ3v) is 8.13. The zero-order valence-electron chi connectivity index (χ0n) is 25.7. The van der Waals surface area contributed by atoms with Crippen LogP contribution < -0.4 is 10.6 Å². The van der Waals surface area contributed by atoms with Crippen molar-refractivity contribution < 1.29 is 0 Å². The number of rotatable bonds is 11. The molecular weight excluding hydrogens is 532 g/mol. The summed E-state index contributed by atoms with van der Waals surface area (Å²) in [6.45, 7) is 4.46. The minimum atomic E-state index is 1.05. The number of benzene rings is 6. The summed E-state index contributed by atoms with van der Waals surface area (Å²) in [5, 5.41) is 7.47. The van der Waals surface area contributed by atoms with Gasteiger partial charge in [-0.2, -0.15) is 0 Å². The molecule has 0 saturated heterocycles. The smallest absolute Gasteiger partial charge is 0.0416 e. The first-order valence-corrected chi connectivity index (χ1v) is 15.8. The lowest BCUT2D eigenvalue weighted by Crippen LogP contribution is -1.98. The molecule has 0 spiro atoms. The Hall–Kier alpha value is -5.08. The molecule has 0 atom stereocenters. The number of aryl methyl sites for hydroxylation is 2. The maximum Gasteiger partial charge on any atom is 0.0416 e. The van der Waals surface area contributed by atoms with E-state index in [0.29, 0.717) is 0 Å². The summed E-state index contributed by atoms with van der Waals surface area (Å²) in [7, 11) is 0. The Labute approximate surface area is 262 Å². The van der Waals surface area contributed by atoms with E-state index in [1.807, 2.05) is 0 Å². The second kappa shape index (κ2) is 13.9. The number of hydrogen-bond acceptors (Lipinski definition) is 2. The van der Waals surface area contributed by atoms with E-state index >= 15 is 0 Å². The van der Waals surface area contributed by atoms with Crippen molar-refractivity contribution in [2.45, 2.75) is 39.5 Å². The molecule has 2 nitrogen and oxygen atoms in total. The van der Waals surface area contributed by atoms with Gasteiger partial charge in [0.1, 0.15) is 0 Å². The molecule has 0 aromatic heterocycles. The van der Waals surface area contributed by atoms with E-state index in [0.717, 1.165) is 37.1 Å². The molecule has 0 heterocycles. The van der Waals surface area contributed by atoms with Crippen LogP contribution in [0.15, 0.2) is 146 Å². The quantitative estimate of drug-likeness (QED) is 0.161. The normalized spacial score (nSPS) is 10.9. The molecule has 6 aromatic carbocycles. The summed E-state index contributed by atoms with van der Waals surface area (Å²) in [4.78, 5) is 0. The topological polar surface area (TPSA) is 24.1 Å². The summed E-state index contributed by atoms with van der Waals surface area (Å²) in [5.74, 6) is 0. The van der Waals surface area contributed by atoms with E-state index < -0.39 is 0 Å². The van der Waals surface area contributed by atoms with E-state index in [9.17, 15) is 0 Å². The monoisotopic (exact) mass is 572 g/mol. The van der Waals surface area contributed by atoms with Crippen LogP contribution in [0, 0.1) is 0 Å². The van der Waals surface area contributed by atoms with E-state index in [4.69, 9.17) is 0 Å². The lowest BCUT2D eigenvalue weighted by molar-refractivity contribution is 0.923. The highest BCUT2D eigenvalue weighted by Gasteiger charge is 2.15. The maximum atomic E-state index is 3.73. The average Bonchev–Trinajstić information content (AvgIpc) is 3.08. The van der Waals surface area contributed by atoms with Gasteiger partial charge in [-0.3, -0.25) is 0 Å². The van der Waals surface area contributed by atoms with Crippen LogP contribution in [0.5, 0.6) is 0 Å². The molecule has 0 bridgehead atoms. The SMILES string of the molecule is CCCc1ccccc1Nc1ccc(-c2ccc(Nc3ccccc3CCC)cc2-c2ccccc2)c(-c2ccccc2)c1. The van der Waals surface area contributed by atoms with Gasteiger partial charge in [-0.15, -0.1) is 0 Å². The van der Waals surface area contributed by atoms with Gasteiger partial charge < -0.3 is 10.6 Å². The lowest BCUT2D eigenvalue weighted by Gasteiger charge is -2.19. The first-order valence-electron chi connectivity index (χ1n) is 15.8. The van der Waals surface area contributed by atoms with Crippen LogP contribution in [-0.4, -0.2) is 0 Å². The highest BCUT2D eigenvalue weighted by atomic mass is 14.9. The third-order valence-electron chi connectivity index (χ3n) is 8.13. The second-order valence-corrected chi connectivity index (χ2v) is 11.3. The molecule has 2 heteroatoms. The number of nitrogens with one attached hydrogen (secondary N) is 2. The molecule has 0 aliphatic carbocycles. The van der Waals surface area contributed by atoms with Crippen LogP contribution in [0.2, 0.25) is 0 Å². The molecule has 218 valence electrons. The highest BCUT2D eigenvalue weighted by molar-refractivity contribution is 5.94. The van der Waals surface area contributed by atoms with Crippen LogP contribution in [0.1, 0.15) is 37.8 Å². The first kappa shape index (κ1) is 29.0. The van der Waals surface area contributed by atoms with E-state index in [1.54, 1.807) is 0 Å². The molecule has 6 rings (SSSR count). The van der Waals surface area contributed by atoms with Gasteiger partial charge in [-0.25, -0.2) is 0 Å². The third kappa shape index (κ3) is 6.61. The van der Waals surface area contributed by atoms with Crippen molar-refractivity contribution in [2.75, 3.05) is 10.6 Å². The highest BCUT2D eigenvalue weighted by Crippen LogP contribution is 2.41.